The number of hydrogen-bond acceptors (Lipinski definition) is 6. The third kappa shape index (κ3) is 6.67. The molecule has 0 saturated carbocycles. The van der Waals surface area contributed by atoms with Crippen molar-refractivity contribution in [3.05, 3.63) is 18.2 Å². The SMILES string of the molecule is CCC1C(=O)OCC1Cc1c[n+](CCOC(=O)CCCCC2CCSS2)cn1C. The molecule has 29 heavy (non-hydrogen) atoms. The molecule has 2 aliphatic rings. The van der Waals surface area contributed by atoms with Crippen molar-refractivity contribution in [1.82, 2.24) is 4.57 Å². The second-order valence-electron chi connectivity index (χ2n) is 7.99. The van der Waals surface area contributed by atoms with Crippen LogP contribution in [0.1, 0.15) is 51.1 Å². The molecule has 2 saturated heterocycles. The van der Waals surface area contributed by atoms with Gasteiger partial charge in [-0.1, -0.05) is 34.9 Å². The molecule has 3 heterocycles. The molecule has 8 heteroatoms. The molecular formula is C21H33N2O4S2+. The smallest absolute Gasteiger partial charge is 0.309 e. The van der Waals surface area contributed by atoms with Gasteiger partial charge in [0.1, 0.15) is 25.0 Å². The molecule has 1 aromatic rings. The molecule has 0 amide bonds. The van der Waals surface area contributed by atoms with E-state index in [0.717, 1.165) is 30.9 Å². The Balaban J connectivity index is 1.34. The Kier molecular flexibility index (Phi) is 8.78. The summed E-state index contributed by atoms with van der Waals surface area (Å²) < 4.78 is 14.8. The fourth-order valence-corrected chi connectivity index (χ4v) is 7.08. The highest BCUT2D eigenvalue weighted by molar-refractivity contribution is 8.77. The van der Waals surface area contributed by atoms with E-state index in [-0.39, 0.29) is 23.8 Å². The van der Waals surface area contributed by atoms with E-state index in [4.69, 9.17) is 9.47 Å². The van der Waals surface area contributed by atoms with Gasteiger partial charge >= 0.3 is 11.9 Å². The summed E-state index contributed by atoms with van der Waals surface area (Å²) in [4.78, 5) is 23.7. The van der Waals surface area contributed by atoms with Crippen LogP contribution in [0.2, 0.25) is 0 Å². The van der Waals surface area contributed by atoms with Gasteiger partial charge in [0.2, 0.25) is 6.33 Å². The largest absolute Gasteiger partial charge is 0.465 e. The average molecular weight is 442 g/mol. The molecular weight excluding hydrogens is 408 g/mol. The molecule has 2 aliphatic heterocycles. The van der Waals surface area contributed by atoms with E-state index in [2.05, 4.69) is 15.3 Å². The maximum absolute atomic E-state index is 11.9. The van der Waals surface area contributed by atoms with Gasteiger partial charge in [-0.2, -0.15) is 0 Å². The van der Waals surface area contributed by atoms with Crippen molar-refractivity contribution < 1.29 is 23.6 Å². The van der Waals surface area contributed by atoms with Crippen LogP contribution in [0.3, 0.4) is 0 Å². The summed E-state index contributed by atoms with van der Waals surface area (Å²) in [6.07, 6.45) is 10.8. The van der Waals surface area contributed by atoms with Crippen LogP contribution in [0, 0.1) is 11.8 Å². The van der Waals surface area contributed by atoms with Gasteiger partial charge in [0, 0.05) is 29.8 Å². The molecule has 2 fully saturated rings. The van der Waals surface area contributed by atoms with E-state index in [1.807, 2.05) is 41.9 Å². The van der Waals surface area contributed by atoms with Crippen molar-refractivity contribution in [1.29, 1.82) is 0 Å². The number of esters is 2. The lowest BCUT2D eigenvalue weighted by molar-refractivity contribution is -0.697. The summed E-state index contributed by atoms with van der Waals surface area (Å²) in [5.74, 6) is 1.36. The van der Waals surface area contributed by atoms with Crippen molar-refractivity contribution in [2.45, 2.75) is 63.7 Å². The fraction of sp³-hybridized carbons (Fsp3) is 0.762. The summed E-state index contributed by atoms with van der Waals surface area (Å²) in [5, 5.41) is 0.779. The van der Waals surface area contributed by atoms with Gasteiger partial charge in [-0.25, -0.2) is 9.13 Å². The van der Waals surface area contributed by atoms with Crippen molar-refractivity contribution in [3.8, 4) is 0 Å². The Labute approximate surface area is 181 Å². The Morgan fingerprint density at radius 3 is 3.03 bits per heavy atom. The Morgan fingerprint density at radius 1 is 1.41 bits per heavy atom. The van der Waals surface area contributed by atoms with E-state index in [1.165, 1.54) is 24.3 Å². The zero-order valence-electron chi connectivity index (χ0n) is 17.5. The quantitative estimate of drug-likeness (QED) is 0.227. The first-order valence-electron chi connectivity index (χ1n) is 10.7. The number of ether oxygens (including phenoxy) is 2. The third-order valence-corrected chi connectivity index (χ3v) is 8.82. The maximum Gasteiger partial charge on any atom is 0.309 e. The number of carbonyl (C=O) groups is 2. The normalized spacial score (nSPS) is 24.1. The van der Waals surface area contributed by atoms with Crippen molar-refractivity contribution in [2.75, 3.05) is 19.0 Å². The van der Waals surface area contributed by atoms with Crippen LogP contribution in [0.4, 0.5) is 0 Å². The first-order chi connectivity index (χ1) is 14.1. The van der Waals surface area contributed by atoms with Crippen molar-refractivity contribution in [2.24, 2.45) is 18.9 Å². The van der Waals surface area contributed by atoms with Crippen molar-refractivity contribution in [3.63, 3.8) is 0 Å². The van der Waals surface area contributed by atoms with E-state index in [1.54, 1.807) is 0 Å². The monoisotopic (exact) mass is 441 g/mol. The molecule has 0 bridgehead atoms. The second kappa shape index (κ2) is 11.3. The summed E-state index contributed by atoms with van der Waals surface area (Å²) >= 11 is 0. The molecule has 3 atom stereocenters. The Hall–Kier alpha value is -1.15. The van der Waals surface area contributed by atoms with E-state index in [9.17, 15) is 9.59 Å². The van der Waals surface area contributed by atoms with Gasteiger partial charge in [-0.3, -0.25) is 9.59 Å². The maximum atomic E-state index is 11.9. The number of cyclic esters (lactones) is 1. The lowest BCUT2D eigenvalue weighted by atomic mass is 9.89. The molecule has 162 valence electrons. The molecule has 0 aliphatic carbocycles. The van der Waals surface area contributed by atoms with Gasteiger partial charge < -0.3 is 9.47 Å². The molecule has 0 spiro atoms. The van der Waals surface area contributed by atoms with Crippen LogP contribution < -0.4 is 4.57 Å². The third-order valence-electron chi connectivity index (χ3n) is 5.81. The molecule has 3 unspecified atom stereocenters. The van der Waals surface area contributed by atoms with Gasteiger partial charge in [-0.15, -0.1) is 0 Å². The number of carbonyl (C=O) groups excluding carboxylic acids is 2. The predicted molar refractivity (Wildman–Crippen MR) is 115 cm³/mol. The van der Waals surface area contributed by atoms with Gasteiger partial charge in [-0.05, 0) is 25.7 Å². The number of aryl methyl sites for hydroxylation is 1. The Morgan fingerprint density at radius 2 is 2.28 bits per heavy atom. The van der Waals surface area contributed by atoms with Crippen LogP contribution in [0.25, 0.3) is 0 Å². The summed E-state index contributed by atoms with van der Waals surface area (Å²) in [7, 11) is 5.98. The molecule has 3 rings (SSSR count). The zero-order chi connectivity index (χ0) is 20.6. The van der Waals surface area contributed by atoms with E-state index >= 15 is 0 Å². The van der Waals surface area contributed by atoms with Crippen LogP contribution >= 0.6 is 21.6 Å². The summed E-state index contributed by atoms with van der Waals surface area (Å²) in [6.45, 7) is 3.59. The van der Waals surface area contributed by atoms with Gasteiger partial charge in [0.25, 0.3) is 0 Å². The molecule has 0 N–H and O–H groups in total. The number of rotatable bonds is 11. The lowest BCUT2D eigenvalue weighted by Gasteiger charge is -2.10. The summed E-state index contributed by atoms with van der Waals surface area (Å²) in [5.41, 5.74) is 1.17. The van der Waals surface area contributed by atoms with Crippen LogP contribution in [-0.2, 0) is 39.1 Å². The van der Waals surface area contributed by atoms with Crippen LogP contribution in [0.15, 0.2) is 12.5 Å². The standard InChI is InChI=1S/C21H33N2O4S2/c1-3-19-16(14-27-21(19)25)12-17-13-23(15-22(17)2)9-10-26-20(24)7-5-4-6-18-8-11-28-29-18/h13,15-16,18-19H,3-12,14H2,1-2H3/q+1. The minimum atomic E-state index is -0.0948. The minimum Gasteiger partial charge on any atom is -0.465 e. The van der Waals surface area contributed by atoms with Gasteiger partial charge in [0.05, 0.1) is 19.6 Å². The first kappa shape index (κ1) is 22.5. The zero-order valence-corrected chi connectivity index (χ0v) is 19.1. The number of aromatic nitrogens is 2. The van der Waals surface area contributed by atoms with Crippen LogP contribution in [-0.4, -0.2) is 40.7 Å². The lowest BCUT2D eigenvalue weighted by Crippen LogP contribution is -2.34. The number of unbranched alkanes of at least 4 members (excludes halogenated alkanes) is 1. The topological polar surface area (TPSA) is 61.4 Å². The average Bonchev–Trinajstić information content (AvgIpc) is 3.41. The predicted octanol–water partition coefficient (Wildman–Crippen LogP) is 3.31. The number of imidazole rings is 1. The number of hydrogen-bond donors (Lipinski definition) is 0. The first-order valence-corrected chi connectivity index (χ1v) is 13.1. The van der Waals surface area contributed by atoms with Crippen molar-refractivity contribution >= 4 is 33.5 Å². The molecule has 1 aromatic heterocycles. The van der Waals surface area contributed by atoms with Gasteiger partial charge in [0.15, 0.2) is 0 Å². The van der Waals surface area contributed by atoms with Crippen LogP contribution in [0.5, 0.6) is 0 Å². The fourth-order valence-electron chi connectivity index (χ4n) is 4.05. The highest BCUT2D eigenvalue weighted by Crippen LogP contribution is 2.39. The molecule has 6 nitrogen and oxygen atoms in total. The summed E-state index contributed by atoms with van der Waals surface area (Å²) in [6, 6.07) is 0. The highest BCUT2D eigenvalue weighted by atomic mass is 33.1. The number of nitrogens with zero attached hydrogens (tertiary/aromatic N) is 2. The molecule has 0 radical (unpaired) electrons. The molecule has 0 aromatic carbocycles. The van der Waals surface area contributed by atoms with E-state index < -0.39 is 0 Å². The Bertz CT molecular complexity index is 688. The minimum absolute atomic E-state index is 0.00493. The van der Waals surface area contributed by atoms with E-state index in [0.29, 0.717) is 26.2 Å². The second-order valence-corrected chi connectivity index (χ2v) is 10.8. The highest BCUT2D eigenvalue weighted by Gasteiger charge is 2.36.